The molecule has 0 aliphatic heterocycles. The van der Waals surface area contributed by atoms with Crippen LogP contribution in [0.1, 0.15) is 45.1 Å². The van der Waals surface area contributed by atoms with E-state index in [1.807, 2.05) is 38.1 Å². The number of benzene rings is 2. The average Bonchev–Trinajstić information content (AvgIpc) is 2.74. The summed E-state index contributed by atoms with van der Waals surface area (Å²) in [7, 11) is 0. The van der Waals surface area contributed by atoms with Crippen LogP contribution in [0.5, 0.6) is 0 Å². The highest BCUT2D eigenvalue weighted by Gasteiger charge is 2.19. The number of hydrogen-bond donors (Lipinski definition) is 2. The second-order valence-electron chi connectivity index (χ2n) is 7.41. The number of halogens is 1. The third-order valence-electron chi connectivity index (χ3n) is 5.17. The van der Waals surface area contributed by atoms with Crippen LogP contribution in [-0.4, -0.2) is 25.0 Å². The smallest absolute Gasteiger partial charge is 0.326 e. The molecule has 0 aliphatic carbocycles. The predicted molar refractivity (Wildman–Crippen MR) is 120 cm³/mol. The van der Waals surface area contributed by atoms with E-state index < -0.39 is 0 Å². The summed E-state index contributed by atoms with van der Waals surface area (Å²) in [5, 5.41) is 5.85. The number of nitrogens with zero attached hydrogens (tertiary/aromatic N) is 1. The molecule has 0 saturated carbocycles. The molecule has 0 aromatic heterocycles. The molecule has 3 amide bonds. The van der Waals surface area contributed by atoms with Crippen molar-refractivity contribution in [2.24, 2.45) is 5.92 Å². The second-order valence-corrected chi connectivity index (χ2v) is 7.41. The summed E-state index contributed by atoms with van der Waals surface area (Å²) < 4.78 is 13.4. The summed E-state index contributed by atoms with van der Waals surface area (Å²) in [6.07, 6.45) is 3.74. The SMILES string of the molecule is CCCCC(CC)C(=O)NCCN(C(=O)Nc1ccccc1C)c1ccc(F)cc1. The molecular weight excluding hydrogens is 381 g/mol. The van der Waals surface area contributed by atoms with E-state index in [4.69, 9.17) is 0 Å². The fourth-order valence-electron chi connectivity index (χ4n) is 3.27. The molecule has 1 atom stereocenters. The van der Waals surface area contributed by atoms with Gasteiger partial charge in [-0.1, -0.05) is 44.9 Å². The van der Waals surface area contributed by atoms with Gasteiger partial charge in [0.1, 0.15) is 5.82 Å². The molecule has 2 N–H and O–H groups in total. The number of anilines is 2. The highest BCUT2D eigenvalue weighted by atomic mass is 19.1. The van der Waals surface area contributed by atoms with Crippen molar-refractivity contribution < 1.29 is 14.0 Å². The van der Waals surface area contributed by atoms with Crippen LogP contribution >= 0.6 is 0 Å². The van der Waals surface area contributed by atoms with Crippen LogP contribution in [0.15, 0.2) is 48.5 Å². The van der Waals surface area contributed by atoms with E-state index >= 15 is 0 Å². The van der Waals surface area contributed by atoms with E-state index in [9.17, 15) is 14.0 Å². The third-order valence-corrected chi connectivity index (χ3v) is 5.17. The lowest BCUT2D eigenvalue weighted by atomic mass is 9.98. The van der Waals surface area contributed by atoms with Crippen molar-refractivity contribution in [3.63, 3.8) is 0 Å². The maximum atomic E-state index is 13.4. The molecule has 1 unspecified atom stereocenters. The molecule has 0 aliphatic rings. The number of rotatable bonds is 10. The molecule has 2 aromatic carbocycles. The molecule has 6 heteroatoms. The minimum atomic E-state index is -0.368. The summed E-state index contributed by atoms with van der Waals surface area (Å²) in [6.45, 7) is 6.64. The standard InChI is InChI=1S/C24H32FN3O2/c1-4-6-10-19(5-2)23(29)26-16-17-28(21-14-12-20(25)13-15-21)24(30)27-22-11-8-7-9-18(22)3/h7-9,11-15,19H,4-6,10,16-17H2,1-3H3,(H,26,29)(H,27,30). The van der Waals surface area contributed by atoms with Crippen LogP contribution in [0.2, 0.25) is 0 Å². The summed E-state index contributed by atoms with van der Waals surface area (Å²) in [5.74, 6) is -0.359. The van der Waals surface area contributed by atoms with Gasteiger partial charge in [0.2, 0.25) is 5.91 Å². The first kappa shape index (κ1) is 23.4. The molecule has 0 fully saturated rings. The lowest BCUT2D eigenvalue weighted by Crippen LogP contribution is -2.42. The molecule has 0 heterocycles. The van der Waals surface area contributed by atoms with E-state index in [-0.39, 0.29) is 30.2 Å². The van der Waals surface area contributed by atoms with E-state index in [0.717, 1.165) is 31.2 Å². The first-order valence-corrected chi connectivity index (χ1v) is 10.6. The largest absolute Gasteiger partial charge is 0.354 e. The molecule has 30 heavy (non-hydrogen) atoms. The Morgan fingerprint density at radius 1 is 1.07 bits per heavy atom. The average molecular weight is 414 g/mol. The van der Waals surface area contributed by atoms with Crippen LogP contribution in [-0.2, 0) is 4.79 Å². The fourth-order valence-corrected chi connectivity index (χ4v) is 3.27. The van der Waals surface area contributed by atoms with Gasteiger partial charge in [0.05, 0.1) is 0 Å². The number of urea groups is 1. The number of carbonyl (C=O) groups is 2. The molecule has 0 radical (unpaired) electrons. The van der Waals surface area contributed by atoms with Gasteiger partial charge in [-0.3, -0.25) is 9.69 Å². The number of unbranched alkanes of at least 4 members (excludes halogenated alkanes) is 1. The van der Waals surface area contributed by atoms with Crippen molar-refractivity contribution in [2.75, 3.05) is 23.3 Å². The molecule has 0 spiro atoms. The Hall–Kier alpha value is -2.89. The maximum Gasteiger partial charge on any atom is 0.326 e. The van der Waals surface area contributed by atoms with Crippen molar-refractivity contribution in [2.45, 2.75) is 46.5 Å². The van der Waals surface area contributed by atoms with Gasteiger partial charge >= 0.3 is 6.03 Å². The minimum Gasteiger partial charge on any atom is -0.354 e. The second kappa shape index (κ2) is 12.0. The van der Waals surface area contributed by atoms with Gasteiger partial charge in [-0.25, -0.2) is 9.18 Å². The molecule has 0 saturated heterocycles. The van der Waals surface area contributed by atoms with Crippen LogP contribution in [0, 0.1) is 18.7 Å². The zero-order chi connectivity index (χ0) is 21.9. The van der Waals surface area contributed by atoms with Crippen LogP contribution in [0.25, 0.3) is 0 Å². The summed E-state index contributed by atoms with van der Waals surface area (Å²) in [5.41, 5.74) is 2.22. The third kappa shape index (κ3) is 6.87. The van der Waals surface area contributed by atoms with Crippen molar-refractivity contribution in [3.05, 3.63) is 59.9 Å². The molecule has 162 valence electrons. The van der Waals surface area contributed by atoms with Gasteiger partial charge in [0.15, 0.2) is 0 Å². The normalized spacial score (nSPS) is 11.6. The quantitative estimate of drug-likeness (QED) is 0.540. The van der Waals surface area contributed by atoms with Crippen molar-refractivity contribution in [1.82, 2.24) is 5.32 Å². The van der Waals surface area contributed by atoms with Crippen molar-refractivity contribution in [1.29, 1.82) is 0 Å². The Labute approximate surface area is 178 Å². The first-order valence-electron chi connectivity index (χ1n) is 10.6. The van der Waals surface area contributed by atoms with Gasteiger partial charge in [-0.2, -0.15) is 0 Å². The molecular formula is C24H32FN3O2. The van der Waals surface area contributed by atoms with E-state index in [1.165, 1.54) is 17.0 Å². The maximum absolute atomic E-state index is 13.4. The Balaban J connectivity index is 2.07. The van der Waals surface area contributed by atoms with Crippen LogP contribution < -0.4 is 15.5 Å². The fraction of sp³-hybridized carbons (Fsp3) is 0.417. The number of para-hydroxylation sites is 1. The van der Waals surface area contributed by atoms with Crippen LogP contribution in [0.3, 0.4) is 0 Å². The predicted octanol–water partition coefficient (Wildman–Crippen LogP) is 5.51. The topological polar surface area (TPSA) is 61.4 Å². The summed E-state index contributed by atoms with van der Waals surface area (Å²) in [4.78, 5) is 26.9. The Kier molecular flexibility index (Phi) is 9.32. The van der Waals surface area contributed by atoms with E-state index in [1.54, 1.807) is 12.1 Å². The van der Waals surface area contributed by atoms with Gasteiger partial charge in [-0.05, 0) is 55.7 Å². The van der Waals surface area contributed by atoms with E-state index in [2.05, 4.69) is 17.6 Å². The Morgan fingerprint density at radius 2 is 1.77 bits per heavy atom. The van der Waals surface area contributed by atoms with Crippen LogP contribution in [0.4, 0.5) is 20.6 Å². The number of amides is 3. The molecule has 2 rings (SSSR count). The monoisotopic (exact) mass is 413 g/mol. The Bertz CT molecular complexity index is 823. The number of aryl methyl sites for hydroxylation is 1. The molecule has 5 nitrogen and oxygen atoms in total. The lowest BCUT2D eigenvalue weighted by Gasteiger charge is -2.24. The first-order chi connectivity index (χ1) is 14.5. The number of hydrogen-bond acceptors (Lipinski definition) is 2. The zero-order valence-electron chi connectivity index (χ0n) is 18.1. The van der Waals surface area contributed by atoms with Crippen molar-refractivity contribution >= 4 is 23.3 Å². The van der Waals surface area contributed by atoms with Gasteiger partial charge in [-0.15, -0.1) is 0 Å². The number of nitrogens with one attached hydrogen (secondary N) is 2. The lowest BCUT2D eigenvalue weighted by molar-refractivity contribution is -0.125. The highest BCUT2D eigenvalue weighted by molar-refractivity contribution is 6.02. The van der Waals surface area contributed by atoms with Gasteiger partial charge in [0, 0.05) is 30.4 Å². The van der Waals surface area contributed by atoms with Crippen molar-refractivity contribution in [3.8, 4) is 0 Å². The molecule has 0 bridgehead atoms. The van der Waals surface area contributed by atoms with Gasteiger partial charge < -0.3 is 10.6 Å². The Morgan fingerprint density at radius 3 is 2.40 bits per heavy atom. The highest BCUT2D eigenvalue weighted by Crippen LogP contribution is 2.19. The van der Waals surface area contributed by atoms with E-state index in [0.29, 0.717) is 17.9 Å². The van der Waals surface area contributed by atoms with Gasteiger partial charge in [0.25, 0.3) is 0 Å². The molecule has 2 aromatic rings. The summed E-state index contributed by atoms with van der Waals surface area (Å²) >= 11 is 0. The summed E-state index contributed by atoms with van der Waals surface area (Å²) in [6, 6.07) is 12.9. The zero-order valence-corrected chi connectivity index (χ0v) is 18.1. The minimum absolute atomic E-state index is 0.00924. The number of carbonyl (C=O) groups excluding carboxylic acids is 2.